The fourth-order valence-corrected chi connectivity index (χ4v) is 27.3. The Bertz CT molecular complexity index is 4470. The molecule has 2 aromatic rings. The van der Waals surface area contributed by atoms with Gasteiger partial charge in [0.25, 0.3) is 11.2 Å². The van der Waals surface area contributed by atoms with Gasteiger partial charge in [0.1, 0.15) is 12.9 Å². The largest absolute Gasteiger partial charge is 0.429 e. The number of carbonyl (C=O) groups is 1. The van der Waals surface area contributed by atoms with Crippen LogP contribution in [0.2, 0.25) is 75.5 Å². The Balaban J connectivity index is 0.000000313. The molecule has 0 heterocycles. The Morgan fingerprint density at radius 2 is 1.02 bits per heavy atom. The molecule has 0 saturated heterocycles. The number of rotatable bonds is 29. The third-order valence-electron chi connectivity index (χ3n) is 28.0. The van der Waals surface area contributed by atoms with Crippen molar-refractivity contribution in [2.24, 2.45) is 45.3 Å². The molecule has 2 aromatic carbocycles. The van der Waals surface area contributed by atoms with Gasteiger partial charge >= 0.3 is 24.7 Å². The van der Waals surface area contributed by atoms with Gasteiger partial charge in [0.2, 0.25) is 0 Å². The summed E-state index contributed by atoms with van der Waals surface area (Å²) in [5.41, 5.74) is -14.0. The molecule has 2 unspecified atom stereocenters. The van der Waals surface area contributed by atoms with E-state index in [1.807, 2.05) is 86.7 Å². The molecule has 0 amide bonds. The summed E-state index contributed by atoms with van der Waals surface area (Å²) in [6.07, 6.45) is -11.7. The van der Waals surface area contributed by atoms with E-state index >= 15 is 0 Å². The van der Waals surface area contributed by atoms with Gasteiger partial charge in [-0.2, -0.15) is 52.7 Å². The van der Waals surface area contributed by atoms with Crippen LogP contribution in [0.25, 0.3) is 0 Å². The van der Waals surface area contributed by atoms with Gasteiger partial charge in [-0.25, -0.2) is 0 Å². The highest BCUT2D eigenvalue weighted by molar-refractivity contribution is 7.78. The maximum absolute atomic E-state index is 14.7. The fourth-order valence-electron chi connectivity index (χ4n) is 19.7. The van der Waals surface area contributed by atoms with Crippen LogP contribution in [0.15, 0.2) is 144 Å². The molecule has 27 heteroatoms. The lowest BCUT2D eigenvalue weighted by atomic mass is 9.55. The van der Waals surface area contributed by atoms with Crippen LogP contribution < -0.4 is 10.6 Å². The summed E-state index contributed by atoms with van der Waals surface area (Å²) >= 11 is 0. The van der Waals surface area contributed by atoms with Crippen molar-refractivity contribution in [2.75, 3.05) is 6.16 Å². The average Bonchev–Trinajstić information content (AvgIpc) is 1.61. The van der Waals surface area contributed by atoms with Gasteiger partial charge in [-0.05, 0) is 286 Å². The van der Waals surface area contributed by atoms with E-state index in [1.54, 1.807) is 33.5 Å². The van der Waals surface area contributed by atoms with E-state index in [0.29, 0.717) is 81.2 Å². The summed E-state index contributed by atoms with van der Waals surface area (Å²) in [5.74, 6) is -0.905. The molecule has 6 aliphatic carbocycles. The second-order valence-corrected chi connectivity index (χ2v) is 63.4. The van der Waals surface area contributed by atoms with E-state index in [-0.39, 0.29) is 109 Å². The molecule has 0 radical (unpaired) electrons. The third-order valence-corrected chi connectivity index (χ3v) is 41.9. The van der Waals surface area contributed by atoms with Crippen LogP contribution >= 0.6 is 7.14 Å². The smallest absolute Gasteiger partial charge is 0.413 e. The molecule has 0 aliphatic heterocycles. The van der Waals surface area contributed by atoms with Crippen molar-refractivity contribution in [1.29, 1.82) is 0 Å². The van der Waals surface area contributed by atoms with Gasteiger partial charge in [0.15, 0.2) is 33.3 Å². The van der Waals surface area contributed by atoms with Crippen molar-refractivity contribution in [3.05, 3.63) is 144 Å². The van der Waals surface area contributed by atoms with E-state index < -0.39 is 162 Å². The summed E-state index contributed by atoms with van der Waals surface area (Å²) in [5, 5.41) is 43.0. The zero-order valence-electron chi connectivity index (χ0n) is 88.3. The molecule has 0 bridgehead atoms. The number of aliphatic hydroxyl groups is 4. The molecular formula is C96H151F12O10PSi4. The predicted molar refractivity (Wildman–Crippen MR) is 486 cm³/mol. The molecule has 4 N–H and O–H groups in total. The number of allylic oxidation sites excluding steroid dienone is 6. The van der Waals surface area contributed by atoms with Crippen molar-refractivity contribution in [1.82, 2.24) is 0 Å². The van der Waals surface area contributed by atoms with Gasteiger partial charge in [-0.1, -0.05) is 192 Å². The van der Waals surface area contributed by atoms with Crippen LogP contribution in [-0.4, -0.2) is 137 Å². The maximum Gasteiger partial charge on any atom is 0.429 e. The highest BCUT2D eigenvalue weighted by Gasteiger charge is 2.72. The predicted octanol–water partition coefficient (Wildman–Crippen LogP) is 27.2. The Morgan fingerprint density at radius 3 is 1.48 bits per heavy atom. The molecule has 8 rings (SSSR count). The van der Waals surface area contributed by atoms with E-state index in [2.05, 4.69) is 87.0 Å². The van der Waals surface area contributed by atoms with Crippen molar-refractivity contribution in [3.8, 4) is 0 Å². The minimum atomic E-state index is -6.06. The van der Waals surface area contributed by atoms with Crippen molar-refractivity contribution in [2.45, 2.75) is 385 Å². The SMILES string of the molecule is C=C1/C(=C\CP(=O)(c2ccccc2)c2ccccc2)C[C@@H](O[Si](C)(C)C(C)(C)C)C[C@@H]1O[Si](C)(C)C(C)(C)C.[2H]C([2H])([2H])C(CCC[C@](C)(C/C=C/C(O[Si](C)(C)C)(C(F)(F)F)C(F)(F)F)[C@H]1CCC2C(=O)CCC[C@@]21C)(O[Si](C)(C)C)C([2H])([2H])[2H].[2H]C([2H])([2H])C(O)(CCC[C@](C)(C/C=C/C(O)(C(F)(F)F)C(F)(F)F)[C@H]1CCC2/C(=C/C=C3/C[C@@H](O)C[C@H](O)C3=C)CCC[C@@]21C)C([2H])([2H])[2H]. The Kier molecular flexibility index (Phi) is 29.0. The molecule has 123 heavy (non-hydrogen) atoms. The van der Waals surface area contributed by atoms with E-state index in [4.69, 9.17) is 34.2 Å². The second-order valence-electron chi connectivity index (χ2n) is 42.1. The van der Waals surface area contributed by atoms with E-state index in [9.17, 15) is 82.5 Å². The molecule has 0 spiro atoms. The van der Waals surface area contributed by atoms with Crippen molar-refractivity contribution >= 4 is 56.8 Å². The summed E-state index contributed by atoms with van der Waals surface area (Å²) in [4.78, 5) is 12.9. The first-order valence-electron chi connectivity index (χ1n) is 49.5. The molecule has 0 aromatic heterocycles. The standard InChI is InChI=1S/C33H48F6O4.C33H51O3PSi2.C30H52F6O3Si2/c1-21-23(19-24(40)20-26(21)41)11-10-22-9-6-17-30(5)25(22)12-13-27(30)29(4,15-7-14-28(2,3)42)16-8-18-31(43,32(34,35)36)33(37,38)39;1-26-27(22-23-37(34,29-18-14-12-15-19-29)30-20-16-13-17-21-30)24-28(35-38(8,9)32(2,3)4)25-31(26)36-39(10,11)33(5,6)7;1-25(2,38-40(5,6)7)17-12-18-26(3,24-16-15-22-23(37)14-11-20-27(22,24)4)19-13-21-28(29(31,32)33,30(34,35)36)39-41(8,9)10/h8,10-11,18,24-27,40-43H,1,6-7,9,12-17,19-20H2,2-5H3;12-22,28,31H,1,23-25H2,2-11H3;13,21-22,24H,11-12,14-20H2,1-10H3/b18-8+,22-10+,23-11-;27-22-;21-13+/t24-,25?,26+,27-,29-,30+;28-,31+;22?,24-,26-,27+/m111/s1/i2D3,3D3;;1D3,2D3. The van der Waals surface area contributed by atoms with Gasteiger partial charge < -0.3 is 42.7 Å². The van der Waals surface area contributed by atoms with Gasteiger partial charge in [-0.3, -0.25) is 4.79 Å². The number of fused-ring (bicyclic) bond motifs is 2. The molecule has 700 valence electrons. The topological polar surface area (TPSA) is 152 Å². The monoisotopic (exact) mass is 1850 g/mol. The first kappa shape index (κ1) is 89.8. The lowest BCUT2D eigenvalue weighted by Crippen LogP contribution is -2.61. The zero-order valence-corrected chi connectivity index (χ0v) is 81.2. The number of benzene rings is 2. The summed E-state index contributed by atoms with van der Waals surface area (Å²) in [7, 11) is -13.1. The van der Waals surface area contributed by atoms with Crippen molar-refractivity contribution < 1.29 is 117 Å². The van der Waals surface area contributed by atoms with Crippen LogP contribution in [0.3, 0.4) is 0 Å². The van der Waals surface area contributed by atoms with Gasteiger partial charge in [0.05, 0.1) is 35.6 Å². The molecular weight excluding hydrogens is 1680 g/mol. The van der Waals surface area contributed by atoms with Gasteiger partial charge in [0, 0.05) is 58.4 Å². The Labute approximate surface area is 750 Å². The summed E-state index contributed by atoms with van der Waals surface area (Å²) in [6, 6.07) is 19.8. The van der Waals surface area contributed by atoms with Crippen LogP contribution in [0, 0.1) is 45.3 Å². The third kappa shape index (κ3) is 27.0. The molecule has 6 aliphatic rings. The van der Waals surface area contributed by atoms with Crippen molar-refractivity contribution in [3.63, 3.8) is 0 Å². The lowest BCUT2D eigenvalue weighted by molar-refractivity contribution is -0.347. The quantitative estimate of drug-likeness (QED) is 0.0268. The maximum atomic E-state index is 14.7. The molecule has 12 atom stereocenters. The molecule has 6 fully saturated rings. The summed E-state index contributed by atoms with van der Waals surface area (Å²) < 4.78 is 302. The molecule has 6 saturated carbocycles. The highest BCUT2D eigenvalue weighted by atomic mass is 31.2. The minimum Gasteiger partial charge on any atom is -0.413 e. The number of hydrogen-bond acceptors (Lipinski definition) is 10. The second kappa shape index (κ2) is 39.7. The number of carbonyl (C=O) groups excluding carboxylic acids is 1. The number of alkyl halides is 12. The summed E-state index contributed by atoms with van der Waals surface area (Å²) in [6.45, 7) is 34.8. The van der Waals surface area contributed by atoms with Crippen LogP contribution in [0.5, 0.6) is 0 Å². The highest BCUT2D eigenvalue weighted by Crippen LogP contribution is 2.66. The fraction of sp³-hybridized carbons (Fsp3) is 0.719. The number of aliphatic hydroxyl groups excluding tert-OH is 2. The van der Waals surface area contributed by atoms with Crippen LogP contribution in [0.1, 0.15) is 254 Å². The molecule has 10 nitrogen and oxygen atoms in total. The zero-order chi connectivity index (χ0) is 104. The lowest BCUT2D eigenvalue weighted by Gasteiger charge is -2.49. The van der Waals surface area contributed by atoms with Crippen LogP contribution in [0.4, 0.5) is 52.7 Å². The van der Waals surface area contributed by atoms with Crippen LogP contribution in [-0.2, 0) is 27.1 Å². The van der Waals surface area contributed by atoms with Gasteiger partial charge in [-0.15, -0.1) is 0 Å². The average molecular weight is 1850 g/mol. The Hall–Kier alpha value is -3.77. The first-order chi connectivity index (χ1) is 60.6. The number of halogens is 12. The van der Waals surface area contributed by atoms with E-state index in [1.165, 1.54) is 19.6 Å². The number of hydrogen-bond donors (Lipinski definition) is 4. The number of ketones is 1. The normalized spacial score (nSPS) is 28.9. The van der Waals surface area contributed by atoms with E-state index in [0.717, 1.165) is 59.1 Å². The number of Topliss-reactive ketones (excluding diaryl/α,β-unsaturated/α-hetero) is 1. The first-order valence-corrected chi connectivity index (χ1v) is 58.0. The minimum absolute atomic E-state index is 0.0338. The Morgan fingerprint density at radius 1 is 0.553 bits per heavy atom.